The third-order valence-electron chi connectivity index (χ3n) is 6.04. The van der Waals surface area contributed by atoms with Crippen LogP contribution in [0.3, 0.4) is 0 Å². The Morgan fingerprint density at radius 1 is 1.13 bits per heavy atom. The first-order chi connectivity index (χ1) is 14.4. The van der Waals surface area contributed by atoms with Crippen molar-refractivity contribution in [3.05, 3.63) is 59.5 Å². The lowest BCUT2D eigenvalue weighted by molar-refractivity contribution is 0.321. The number of sulfonamides is 1. The van der Waals surface area contributed by atoms with Crippen molar-refractivity contribution in [3.8, 4) is 11.1 Å². The van der Waals surface area contributed by atoms with Crippen molar-refractivity contribution in [2.45, 2.75) is 32.2 Å². The van der Waals surface area contributed by atoms with Crippen LogP contribution in [0.25, 0.3) is 22.0 Å². The molecule has 0 bridgehead atoms. The molecule has 0 unspecified atom stereocenters. The SMILES string of the molecule is CCS(=O)(=O)N1CCC(c2c[nH]c3ccc(-c4cc(F)cc(CNC)c4)cc23)CC1. The monoisotopic (exact) mass is 429 g/mol. The Bertz CT molecular complexity index is 1150. The second kappa shape index (κ2) is 8.49. The number of halogens is 1. The van der Waals surface area contributed by atoms with Gasteiger partial charge in [-0.25, -0.2) is 17.1 Å². The first-order valence-electron chi connectivity index (χ1n) is 10.4. The quantitative estimate of drug-likeness (QED) is 0.617. The third-order valence-corrected chi connectivity index (χ3v) is 7.92. The van der Waals surface area contributed by atoms with Crippen molar-refractivity contribution in [1.29, 1.82) is 0 Å². The molecule has 2 N–H and O–H groups in total. The number of nitrogens with zero attached hydrogens (tertiary/aromatic N) is 1. The molecular formula is C23H28FN3O2S. The zero-order valence-electron chi connectivity index (χ0n) is 17.4. The summed E-state index contributed by atoms with van der Waals surface area (Å²) in [6, 6.07) is 11.3. The van der Waals surface area contributed by atoms with Crippen LogP contribution in [-0.2, 0) is 16.6 Å². The molecule has 0 atom stereocenters. The van der Waals surface area contributed by atoms with E-state index in [-0.39, 0.29) is 11.6 Å². The van der Waals surface area contributed by atoms with Gasteiger partial charge in [-0.2, -0.15) is 0 Å². The maximum Gasteiger partial charge on any atom is 0.213 e. The Balaban J connectivity index is 1.63. The summed E-state index contributed by atoms with van der Waals surface area (Å²) >= 11 is 0. The van der Waals surface area contributed by atoms with Crippen molar-refractivity contribution in [2.24, 2.45) is 0 Å². The molecule has 160 valence electrons. The summed E-state index contributed by atoms with van der Waals surface area (Å²) in [5, 5.41) is 4.20. The number of benzene rings is 2. The lowest BCUT2D eigenvalue weighted by atomic mass is 9.89. The maximum atomic E-state index is 14.1. The molecule has 1 aliphatic heterocycles. The topological polar surface area (TPSA) is 65.2 Å². The molecule has 7 heteroatoms. The van der Waals surface area contributed by atoms with Crippen molar-refractivity contribution in [3.63, 3.8) is 0 Å². The lowest BCUT2D eigenvalue weighted by Crippen LogP contribution is -2.38. The number of fused-ring (bicyclic) bond motifs is 1. The van der Waals surface area contributed by atoms with Crippen LogP contribution >= 0.6 is 0 Å². The van der Waals surface area contributed by atoms with Gasteiger partial charge in [0.05, 0.1) is 5.75 Å². The van der Waals surface area contributed by atoms with Crippen LogP contribution in [-0.4, -0.2) is 43.6 Å². The highest BCUT2D eigenvalue weighted by atomic mass is 32.2. The second-order valence-corrected chi connectivity index (χ2v) is 10.2. The molecule has 4 rings (SSSR count). The summed E-state index contributed by atoms with van der Waals surface area (Å²) in [5.74, 6) is 0.221. The molecule has 2 heterocycles. The van der Waals surface area contributed by atoms with Crippen LogP contribution in [0.4, 0.5) is 4.39 Å². The molecular weight excluding hydrogens is 401 g/mol. The minimum Gasteiger partial charge on any atom is -0.361 e. The maximum absolute atomic E-state index is 14.1. The zero-order chi connectivity index (χ0) is 21.3. The molecule has 3 aromatic rings. The van der Waals surface area contributed by atoms with Crippen molar-refractivity contribution in [1.82, 2.24) is 14.6 Å². The third kappa shape index (κ3) is 4.15. The van der Waals surface area contributed by atoms with Crippen LogP contribution in [0.2, 0.25) is 0 Å². The smallest absolute Gasteiger partial charge is 0.213 e. The van der Waals surface area contributed by atoms with E-state index in [0.29, 0.717) is 25.6 Å². The largest absolute Gasteiger partial charge is 0.361 e. The van der Waals surface area contributed by atoms with E-state index >= 15 is 0 Å². The molecule has 1 fully saturated rings. The normalized spacial score (nSPS) is 16.4. The van der Waals surface area contributed by atoms with Gasteiger partial charge < -0.3 is 10.3 Å². The highest BCUT2D eigenvalue weighted by molar-refractivity contribution is 7.89. The van der Waals surface area contributed by atoms with Crippen molar-refractivity contribution >= 4 is 20.9 Å². The predicted octanol–water partition coefficient (Wildman–Crippen LogP) is 4.22. The number of aromatic amines is 1. The fourth-order valence-electron chi connectivity index (χ4n) is 4.41. The Hall–Kier alpha value is -2.22. The first-order valence-corrected chi connectivity index (χ1v) is 12.1. The molecule has 1 aliphatic rings. The number of H-pyrrole nitrogens is 1. The van der Waals surface area contributed by atoms with E-state index in [1.54, 1.807) is 23.4 Å². The molecule has 1 aromatic heterocycles. The standard InChI is InChI=1S/C23H28FN3O2S/c1-3-30(28,29)27-8-6-17(7-9-27)22-15-26-23-5-4-18(13-21(22)23)19-10-16(14-25-2)11-20(24)12-19/h4-5,10-13,15,17,25-26H,3,6-9,14H2,1-2H3. The van der Waals surface area contributed by atoms with E-state index in [1.165, 1.54) is 5.56 Å². The number of piperidine rings is 1. The van der Waals surface area contributed by atoms with Gasteiger partial charge in [-0.1, -0.05) is 6.07 Å². The fourth-order valence-corrected chi connectivity index (χ4v) is 5.54. The van der Waals surface area contributed by atoms with Crippen LogP contribution < -0.4 is 5.32 Å². The molecule has 0 amide bonds. The highest BCUT2D eigenvalue weighted by Crippen LogP contribution is 2.36. The number of hydrogen-bond acceptors (Lipinski definition) is 3. The summed E-state index contributed by atoms with van der Waals surface area (Å²) in [7, 11) is -1.28. The van der Waals surface area contributed by atoms with E-state index in [2.05, 4.69) is 16.4 Å². The molecule has 0 saturated carbocycles. The Morgan fingerprint density at radius 2 is 1.90 bits per heavy atom. The molecule has 0 aliphatic carbocycles. The van der Waals surface area contributed by atoms with Gasteiger partial charge >= 0.3 is 0 Å². The van der Waals surface area contributed by atoms with Crippen molar-refractivity contribution < 1.29 is 12.8 Å². The van der Waals surface area contributed by atoms with Gasteiger partial charge in [-0.05, 0) is 85.3 Å². The predicted molar refractivity (Wildman–Crippen MR) is 119 cm³/mol. The summed E-state index contributed by atoms with van der Waals surface area (Å²) in [6.07, 6.45) is 3.66. The number of hydrogen-bond donors (Lipinski definition) is 2. The van der Waals surface area contributed by atoms with Gasteiger partial charge in [-0.3, -0.25) is 0 Å². The summed E-state index contributed by atoms with van der Waals surface area (Å²) in [5.41, 5.74) is 5.01. The van der Waals surface area contributed by atoms with E-state index in [1.807, 2.05) is 31.4 Å². The summed E-state index contributed by atoms with van der Waals surface area (Å²) in [4.78, 5) is 3.34. The zero-order valence-corrected chi connectivity index (χ0v) is 18.2. The molecule has 0 radical (unpaired) electrons. The number of rotatable bonds is 6. The fraction of sp³-hybridized carbons (Fsp3) is 0.391. The molecule has 2 aromatic carbocycles. The summed E-state index contributed by atoms with van der Waals surface area (Å²) in [6.45, 7) is 3.42. The van der Waals surface area contributed by atoms with E-state index in [9.17, 15) is 12.8 Å². The van der Waals surface area contributed by atoms with Gasteiger partial charge in [0.1, 0.15) is 5.82 Å². The van der Waals surface area contributed by atoms with E-state index in [0.717, 1.165) is 40.4 Å². The van der Waals surface area contributed by atoms with Gasteiger partial charge in [0.25, 0.3) is 0 Å². The van der Waals surface area contributed by atoms with Crippen LogP contribution in [0.1, 0.15) is 36.8 Å². The van der Waals surface area contributed by atoms with Crippen molar-refractivity contribution in [2.75, 3.05) is 25.9 Å². The minimum atomic E-state index is -3.13. The first kappa shape index (κ1) is 21.0. The lowest BCUT2D eigenvalue weighted by Gasteiger charge is -2.30. The highest BCUT2D eigenvalue weighted by Gasteiger charge is 2.28. The second-order valence-electron chi connectivity index (χ2n) is 7.96. The Labute approximate surface area is 177 Å². The van der Waals surface area contributed by atoms with E-state index in [4.69, 9.17) is 0 Å². The van der Waals surface area contributed by atoms with Gasteiger partial charge in [0.2, 0.25) is 10.0 Å². The number of nitrogens with one attached hydrogen (secondary N) is 2. The Kier molecular flexibility index (Phi) is 5.95. The van der Waals surface area contributed by atoms with Gasteiger partial charge in [0.15, 0.2) is 0 Å². The molecule has 0 spiro atoms. The summed E-state index contributed by atoms with van der Waals surface area (Å²) < 4.78 is 40.0. The Morgan fingerprint density at radius 3 is 2.60 bits per heavy atom. The average Bonchev–Trinajstić information content (AvgIpc) is 3.17. The van der Waals surface area contributed by atoms with Crippen LogP contribution in [0.15, 0.2) is 42.6 Å². The van der Waals surface area contributed by atoms with Gasteiger partial charge in [0, 0.05) is 36.7 Å². The average molecular weight is 430 g/mol. The molecule has 1 saturated heterocycles. The molecule has 30 heavy (non-hydrogen) atoms. The van der Waals surface area contributed by atoms with E-state index < -0.39 is 10.0 Å². The van der Waals surface area contributed by atoms with Crippen LogP contribution in [0.5, 0.6) is 0 Å². The number of aromatic nitrogens is 1. The van der Waals surface area contributed by atoms with Crippen LogP contribution in [0, 0.1) is 5.82 Å². The minimum absolute atomic E-state index is 0.150. The molecule has 5 nitrogen and oxygen atoms in total. The van der Waals surface area contributed by atoms with Gasteiger partial charge in [-0.15, -0.1) is 0 Å².